The number of carbonyl (C=O) groups excluding carboxylic acids is 1. The van der Waals surface area contributed by atoms with Crippen LogP contribution in [-0.4, -0.2) is 40.6 Å². The number of benzene rings is 1. The number of halogens is 1. The molecule has 1 amide bonds. The third-order valence-corrected chi connectivity index (χ3v) is 3.00. The lowest BCUT2D eigenvalue weighted by atomic mass is 10.1. The average molecular weight is 316 g/mol. The quantitative estimate of drug-likeness (QED) is 0.890. The number of carboxylic acids is 1. The van der Waals surface area contributed by atoms with Crippen LogP contribution in [0.5, 0.6) is 5.75 Å². The summed E-state index contributed by atoms with van der Waals surface area (Å²) in [6.07, 6.45) is 0. The fourth-order valence-corrected chi connectivity index (χ4v) is 1.81. The van der Waals surface area contributed by atoms with E-state index in [0.29, 0.717) is 4.47 Å². The summed E-state index contributed by atoms with van der Waals surface area (Å²) in [6.45, 7) is 1.61. The summed E-state index contributed by atoms with van der Waals surface area (Å²) in [7, 11) is 1.50. The second-order valence-corrected chi connectivity index (χ2v) is 5.00. The van der Waals surface area contributed by atoms with Crippen LogP contribution in [0.4, 0.5) is 0 Å². The molecule has 0 radical (unpaired) electrons. The fourth-order valence-electron chi connectivity index (χ4n) is 1.46. The van der Waals surface area contributed by atoms with Crippen LogP contribution in [0, 0.1) is 5.92 Å². The van der Waals surface area contributed by atoms with Gasteiger partial charge in [0.2, 0.25) is 0 Å². The maximum atomic E-state index is 12.0. The zero-order valence-corrected chi connectivity index (χ0v) is 11.6. The van der Waals surface area contributed by atoms with Crippen molar-refractivity contribution in [2.24, 2.45) is 5.92 Å². The number of aliphatic carboxylic acids is 1. The molecule has 1 atom stereocenters. The Morgan fingerprint density at radius 3 is 2.56 bits per heavy atom. The van der Waals surface area contributed by atoms with Gasteiger partial charge in [-0.3, -0.25) is 9.59 Å². The van der Waals surface area contributed by atoms with Gasteiger partial charge in [-0.25, -0.2) is 0 Å². The highest BCUT2D eigenvalue weighted by Crippen LogP contribution is 2.23. The minimum atomic E-state index is -0.963. The van der Waals surface area contributed by atoms with Gasteiger partial charge < -0.3 is 15.1 Å². The number of phenolic OH excluding ortho intramolecular Hbond substituents is 1. The fraction of sp³-hybridized carbons (Fsp3) is 0.333. The highest BCUT2D eigenvalue weighted by atomic mass is 79.9. The third kappa shape index (κ3) is 3.46. The van der Waals surface area contributed by atoms with Crippen LogP contribution in [0.1, 0.15) is 17.3 Å². The number of carbonyl (C=O) groups is 2. The van der Waals surface area contributed by atoms with Crippen LogP contribution in [0.3, 0.4) is 0 Å². The van der Waals surface area contributed by atoms with E-state index < -0.39 is 17.8 Å². The molecule has 0 aliphatic rings. The maximum absolute atomic E-state index is 12.0. The molecule has 18 heavy (non-hydrogen) atoms. The summed E-state index contributed by atoms with van der Waals surface area (Å²) in [5.74, 6) is -2.16. The lowest BCUT2D eigenvalue weighted by Crippen LogP contribution is -2.33. The van der Waals surface area contributed by atoms with Gasteiger partial charge in [0, 0.05) is 18.1 Å². The van der Waals surface area contributed by atoms with Crippen molar-refractivity contribution in [1.29, 1.82) is 0 Å². The molecule has 0 bridgehead atoms. The molecule has 98 valence electrons. The number of amides is 1. The van der Waals surface area contributed by atoms with Crippen LogP contribution >= 0.6 is 15.9 Å². The largest absolute Gasteiger partial charge is 0.507 e. The second kappa shape index (κ2) is 5.86. The van der Waals surface area contributed by atoms with Crippen molar-refractivity contribution in [3.05, 3.63) is 28.2 Å². The zero-order chi connectivity index (χ0) is 13.9. The van der Waals surface area contributed by atoms with E-state index in [1.807, 2.05) is 0 Å². The first-order chi connectivity index (χ1) is 8.32. The molecular weight excluding hydrogens is 302 g/mol. The lowest BCUT2D eigenvalue weighted by Gasteiger charge is -2.20. The van der Waals surface area contributed by atoms with Crippen molar-refractivity contribution >= 4 is 27.8 Å². The Hall–Kier alpha value is -1.56. The standard InChI is InChI=1S/C12H14BrNO4/c1-7(12(17)18)6-14(2)11(16)9-4-3-8(13)5-10(9)15/h3-5,7,15H,6H2,1-2H3,(H,17,18). The van der Waals surface area contributed by atoms with Crippen LogP contribution in [0.2, 0.25) is 0 Å². The molecule has 0 aliphatic heterocycles. The number of rotatable bonds is 4. The lowest BCUT2D eigenvalue weighted by molar-refractivity contribution is -0.141. The number of phenols is 1. The molecule has 1 rings (SSSR count). The Bertz CT molecular complexity index is 475. The summed E-state index contributed by atoms with van der Waals surface area (Å²) < 4.78 is 0.665. The minimum Gasteiger partial charge on any atom is -0.507 e. The number of hydrogen-bond donors (Lipinski definition) is 2. The monoisotopic (exact) mass is 315 g/mol. The summed E-state index contributed by atoms with van der Waals surface area (Å²) in [5.41, 5.74) is 0.151. The van der Waals surface area contributed by atoms with Crippen molar-refractivity contribution in [2.75, 3.05) is 13.6 Å². The molecule has 0 saturated heterocycles. The van der Waals surface area contributed by atoms with E-state index in [-0.39, 0.29) is 17.9 Å². The Morgan fingerprint density at radius 1 is 1.44 bits per heavy atom. The Labute approximate surface area is 113 Å². The van der Waals surface area contributed by atoms with Crippen LogP contribution in [0.25, 0.3) is 0 Å². The SMILES string of the molecule is CC(CN(C)C(=O)c1ccc(Br)cc1O)C(=O)O. The first-order valence-corrected chi connectivity index (χ1v) is 6.09. The highest BCUT2D eigenvalue weighted by molar-refractivity contribution is 9.10. The minimum absolute atomic E-state index is 0.0870. The molecular formula is C12H14BrNO4. The number of carboxylic acid groups (broad SMARTS) is 1. The van der Waals surface area contributed by atoms with E-state index in [1.165, 1.54) is 31.0 Å². The van der Waals surface area contributed by atoms with Gasteiger partial charge in [-0.1, -0.05) is 22.9 Å². The van der Waals surface area contributed by atoms with E-state index in [2.05, 4.69) is 15.9 Å². The Balaban J connectivity index is 2.83. The topological polar surface area (TPSA) is 77.8 Å². The molecule has 6 heteroatoms. The Morgan fingerprint density at radius 2 is 2.06 bits per heavy atom. The molecule has 0 fully saturated rings. The molecule has 0 heterocycles. The van der Waals surface area contributed by atoms with Crippen LogP contribution < -0.4 is 0 Å². The van der Waals surface area contributed by atoms with Crippen molar-refractivity contribution < 1.29 is 19.8 Å². The van der Waals surface area contributed by atoms with Gasteiger partial charge in [0.15, 0.2) is 0 Å². The van der Waals surface area contributed by atoms with Crippen molar-refractivity contribution in [1.82, 2.24) is 4.90 Å². The molecule has 0 aromatic heterocycles. The van der Waals surface area contributed by atoms with E-state index >= 15 is 0 Å². The maximum Gasteiger partial charge on any atom is 0.308 e. The van der Waals surface area contributed by atoms with Gasteiger partial charge in [0.05, 0.1) is 11.5 Å². The van der Waals surface area contributed by atoms with E-state index in [0.717, 1.165) is 0 Å². The van der Waals surface area contributed by atoms with Gasteiger partial charge in [-0.05, 0) is 18.2 Å². The number of nitrogens with zero attached hydrogens (tertiary/aromatic N) is 1. The predicted octanol–water partition coefficient (Wildman–Crippen LogP) is 1.95. The summed E-state index contributed by atoms with van der Waals surface area (Å²) in [5, 5.41) is 18.4. The summed E-state index contributed by atoms with van der Waals surface area (Å²) >= 11 is 3.18. The van der Waals surface area contributed by atoms with Crippen molar-refractivity contribution in [3.63, 3.8) is 0 Å². The van der Waals surface area contributed by atoms with Crippen LogP contribution in [0.15, 0.2) is 22.7 Å². The van der Waals surface area contributed by atoms with Crippen molar-refractivity contribution in [2.45, 2.75) is 6.92 Å². The third-order valence-electron chi connectivity index (χ3n) is 2.51. The van der Waals surface area contributed by atoms with Gasteiger partial charge in [-0.15, -0.1) is 0 Å². The molecule has 2 N–H and O–H groups in total. The molecule has 0 spiro atoms. The van der Waals surface area contributed by atoms with Gasteiger partial charge in [0.1, 0.15) is 5.75 Å². The van der Waals surface area contributed by atoms with E-state index in [1.54, 1.807) is 6.07 Å². The Kier molecular flexibility index (Phi) is 4.72. The molecule has 5 nitrogen and oxygen atoms in total. The first kappa shape index (κ1) is 14.5. The summed E-state index contributed by atoms with van der Waals surface area (Å²) in [6, 6.07) is 4.55. The normalized spacial score (nSPS) is 11.9. The van der Waals surface area contributed by atoms with Gasteiger partial charge >= 0.3 is 5.97 Å². The molecule has 1 aromatic rings. The number of hydrogen-bond acceptors (Lipinski definition) is 3. The summed E-state index contributed by atoms with van der Waals surface area (Å²) in [4.78, 5) is 24.0. The molecule has 0 saturated carbocycles. The molecule has 0 aliphatic carbocycles. The molecule has 1 unspecified atom stereocenters. The second-order valence-electron chi connectivity index (χ2n) is 4.09. The zero-order valence-electron chi connectivity index (χ0n) is 10.1. The average Bonchev–Trinajstić information content (AvgIpc) is 2.27. The van der Waals surface area contributed by atoms with E-state index in [4.69, 9.17) is 5.11 Å². The smallest absolute Gasteiger partial charge is 0.308 e. The first-order valence-electron chi connectivity index (χ1n) is 5.29. The van der Waals surface area contributed by atoms with Gasteiger partial charge in [-0.2, -0.15) is 0 Å². The number of aromatic hydroxyl groups is 1. The van der Waals surface area contributed by atoms with Crippen LogP contribution in [-0.2, 0) is 4.79 Å². The molecule has 1 aromatic carbocycles. The predicted molar refractivity (Wildman–Crippen MR) is 69.6 cm³/mol. The van der Waals surface area contributed by atoms with Gasteiger partial charge in [0.25, 0.3) is 5.91 Å². The van der Waals surface area contributed by atoms with E-state index in [9.17, 15) is 14.7 Å². The van der Waals surface area contributed by atoms with Crippen molar-refractivity contribution in [3.8, 4) is 5.75 Å². The highest BCUT2D eigenvalue weighted by Gasteiger charge is 2.20.